The third kappa shape index (κ3) is 7.56. The Balaban J connectivity index is 0.00000380. The van der Waals surface area contributed by atoms with Crippen molar-refractivity contribution in [2.75, 3.05) is 20.1 Å². The van der Waals surface area contributed by atoms with Crippen molar-refractivity contribution in [3.63, 3.8) is 0 Å². The number of ketones is 1. The van der Waals surface area contributed by atoms with E-state index in [9.17, 15) is 4.79 Å². The lowest BCUT2D eigenvalue weighted by molar-refractivity contribution is 0.0978. The predicted octanol–water partition coefficient (Wildman–Crippen LogP) is 8.11. The molecule has 0 atom stereocenters. The van der Waals surface area contributed by atoms with Crippen LogP contribution >= 0.6 is 12.4 Å². The van der Waals surface area contributed by atoms with Crippen molar-refractivity contribution in [2.45, 2.75) is 58.5 Å². The maximum Gasteiger partial charge on any atom is 0.162 e. The summed E-state index contributed by atoms with van der Waals surface area (Å²) in [6.07, 6.45) is 5.88. The van der Waals surface area contributed by atoms with Crippen molar-refractivity contribution in [2.24, 2.45) is 0 Å². The summed E-state index contributed by atoms with van der Waals surface area (Å²) in [6.45, 7) is 9.16. The Hall–Kier alpha value is -2.88. The maximum absolute atomic E-state index is 12.6. The summed E-state index contributed by atoms with van der Waals surface area (Å²) < 4.78 is 6.09. The minimum absolute atomic E-state index is 0. The average Bonchev–Trinajstić information content (AvgIpc) is 3.03. The number of Topliss-reactive ketones (excluding diaryl/α,β-unsaturated/α-hetero) is 1. The van der Waals surface area contributed by atoms with Crippen LogP contribution in [0.25, 0.3) is 5.57 Å². The quantitative estimate of drug-likeness (QED) is 0.212. The Bertz CT molecular complexity index is 1160. The molecule has 0 fully saturated rings. The lowest BCUT2D eigenvalue weighted by Gasteiger charge is -2.19. The normalized spacial score (nSPS) is 13.8. The van der Waals surface area contributed by atoms with Gasteiger partial charge in [0.05, 0.1) is 0 Å². The number of benzene rings is 3. The number of nitrogens with zero attached hydrogens (tertiary/aromatic N) is 1. The van der Waals surface area contributed by atoms with Gasteiger partial charge in [-0.1, -0.05) is 93.6 Å². The van der Waals surface area contributed by atoms with Crippen LogP contribution in [0.5, 0.6) is 5.75 Å². The van der Waals surface area contributed by atoms with Gasteiger partial charge in [-0.15, -0.1) is 12.4 Å². The number of carbonyl (C=O) groups excluding carboxylic acids is 1. The van der Waals surface area contributed by atoms with Gasteiger partial charge < -0.3 is 9.64 Å². The van der Waals surface area contributed by atoms with E-state index in [-0.39, 0.29) is 23.6 Å². The SMILES string of the molecule is CN(CC/C=C1/c2ccccc2COc2ccccc21)CCCCC(=O)c1ccc(C(C)(C)C)cc1.Cl. The van der Waals surface area contributed by atoms with E-state index in [1.54, 1.807) is 0 Å². The van der Waals surface area contributed by atoms with Crippen LogP contribution in [0.3, 0.4) is 0 Å². The van der Waals surface area contributed by atoms with E-state index in [1.165, 1.54) is 27.8 Å². The lowest BCUT2D eigenvalue weighted by atomic mass is 9.86. The van der Waals surface area contributed by atoms with Crippen LogP contribution in [0.1, 0.15) is 79.1 Å². The topological polar surface area (TPSA) is 29.5 Å². The Kier molecular flexibility index (Phi) is 10.1. The highest BCUT2D eigenvalue weighted by atomic mass is 35.5. The van der Waals surface area contributed by atoms with E-state index < -0.39 is 0 Å². The van der Waals surface area contributed by atoms with Crippen molar-refractivity contribution >= 4 is 23.8 Å². The van der Waals surface area contributed by atoms with Crippen molar-refractivity contribution in [3.05, 3.63) is 107 Å². The third-order valence-electron chi connectivity index (χ3n) is 6.99. The fourth-order valence-corrected chi connectivity index (χ4v) is 4.75. The molecule has 0 bridgehead atoms. The van der Waals surface area contributed by atoms with Crippen molar-refractivity contribution < 1.29 is 9.53 Å². The van der Waals surface area contributed by atoms with Gasteiger partial charge in [-0.25, -0.2) is 0 Å². The first-order valence-electron chi connectivity index (χ1n) is 13.2. The molecular weight excluding hydrogens is 478 g/mol. The zero-order valence-corrected chi connectivity index (χ0v) is 23.4. The number of para-hydroxylation sites is 1. The molecule has 3 nitrogen and oxygen atoms in total. The second-order valence-corrected chi connectivity index (χ2v) is 10.9. The van der Waals surface area contributed by atoms with Crippen LogP contribution < -0.4 is 4.74 Å². The van der Waals surface area contributed by atoms with Crippen LogP contribution in [0.15, 0.2) is 78.9 Å². The number of unbranched alkanes of at least 4 members (excludes halogenated alkanes) is 1. The molecule has 0 aliphatic carbocycles. The standard InChI is InChI=1S/C33H39NO2.ClH/c1-33(2,3)27-20-18-25(19-21-27)31(35)16-9-10-22-34(4)23-11-15-29-28-13-6-5-12-26(28)24-36-32-17-8-7-14-30(29)32;/h5-8,12-15,17-21H,9-11,16,22-24H2,1-4H3;1H/b29-15-;. The van der Waals surface area contributed by atoms with E-state index in [0.717, 1.165) is 43.7 Å². The Labute approximate surface area is 229 Å². The lowest BCUT2D eigenvalue weighted by Crippen LogP contribution is -2.20. The second kappa shape index (κ2) is 13.1. The van der Waals surface area contributed by atoms with Gasteiger partial charge in [-0.05, 0) is 66.6 Å². The zero-order valence-electron chi connectivity index (χ0n) is 22.6. The number of carbonyl (C=O) groups is 1. The molecule has 4 rings (SSSR count). The highest BCUT2D eigenvalue weighted by molar-refractivity contribution is 5.96. The molecule has 4 heteroatoms. The van der Waals surface area contributed by atoms with Crippen molar-refractivity contribution in [1.82, 2.24) is 4.90 Å². The zero-order chi connectivity index (χ0) is 25.5. The Morgan fingerprint density at radius 3 is 2.30 bits per heavy atom. The average molecular weight is 518 g/mol. The number of fused-ring (bicyclic) bond motifs is 2. The molecule has 1 aliphatic rings. The van der Waals surface area contributed by atoms with Crippen LogP contribution in [0, 0.1) is 0 Å². The third-order valence-corrected chi connectivity index (χ3v) is 6.99. The van der Waals surface area contributed by atoms with Crippen molar-refractivity contribution in [3.8, 4) is 5.75 Å². The molecule has 3 aromatic carbocycles. The van der Waals surface area contributed by atoms with E-state index in [2.05, 4.69) is 93.4 Å². The van der Waals surface area contributed by atoms with Gasteiger partial charge in [0.25, 0.3) is 0 Å². The van der Waals surface area contributed by atoms with Gasteiger partial charge in [0.15, 0.2) is 5.78 Å². The molecule has 0 saturated heterocycles. The fourth-order valence-electron chi connectivity index (χ4n) is 4.75. The number of halogens is 1. The van der Waals surface area contributed by atoms with Crippen molar-refractivity contribution in [1.29, 1.82) is 0 Å². The van der Waals surface area contributed by atoms with Gasteiger partial charge in [0.1, 0.15) is 12.4 Å². The molecule has 0 N–H and O–H groups in total. The molecule has 37 heavy (non-hydrogen) atoms. The van der Waals surface area contributed by atoms with Crippen LogP contribution in [-0.4, -0.2) is 30.8 Å². The number of hydrogen-bond donors (Lipinski definition) is 0. The number of ether oxygens (including phenoxy) is 1. The fraction of sp³-hybridized carbons (Fsp3) is 0.364. The summed E-state index contributed by atoms with van der Waals surface area (Å²) in [6, 6.07) is 25.0. The summed E-state index contributed by atoms with van der Waals surface area (Å²) >= 11 is 0. The predicted molar refractivity (Wildman–Crippen MR) is 157 cm³/mol. The Morgan fingerprint density at radius 1 is 0.892 bits per heavy atom. The first-order valence-corrected chi connectivity index (χ1v) is 13.2. The minimum Gasteiger partial charge on any atom is -0.488 e. The molecule has 0 amide bonds. The molecule has 0 radical (unpaired) electrons. The molecule has 196 valence electrons. The molecular formula is C33H40ClNO2. The molecule has 1 heterocycles. The molecule has 0 spiro atoms. The van der Waals surface area contributed by atoms with Gasteiger partial charge in [-0.3, -0.25) is 4.79 Å². The van der Waals surface area contributed by atoms with Gasteiger partial charge >= 0.3 is 0 Å². The summed E-state index contributed by atoms with van der Waals surface area (Å²) in [4.78, 5) is 15.0. The minimum atomic E-state index is 0. The highest BCUT2D eigenvalue weighted by Crippen LogP contribution is 2.36. The van der Waals surface area contributed by atoms with Crippen LogP contribution in [0.2, 0.25) is 0 Å². The molecule has 0 unspecified atom stereocenters. The summed E-state index contributed by atoms with van der Waals surface area (Å²) in [5.74, 6) is 1.20. The largest absolute Gasteiger partial charge is 0.488 e. The van der Waals surface area contributed by atoms with Crippen LogP contribution in [-0.2, 0) is 12.0 Å². The molecule has 0 aromatic heterocycles. The van der Waals surface area contributed by atoms with Gasteiger partial charge in [-0.2, -0.15) is 0 Å². The van der Waals surface area contributed by atoms with Gasteiger partial charge in [0, 0.05) is 24.1 Å². The summed E-state index contributed by atoms with van der Waals surface area (Å²) in [5.41, 5.74) is 7.12. The van der Waals surface area contributed by atoms with E-state index in [4.69, 9.17) is 4.74 Å². The monoisotopic (exact) mass is 517 g/mol. The molecule has 0 saturated carbocycles. The summed E-state index contributed by atoms with van der Waals surface area (Å²) in [7, 11) is 2.17. The van der Waals surface area contributed by atoms with E-state index in [1.807, 2.05) is 18.2 Å². The molecule has 3 aromatic rings. The smallest absolute Gasteiger partial charge is 0.162 e. The van der Waals surface area contributed by atoms with E-state index in [0.29, 0.717) is 13.0 Å². The maximum atomic E-state index is 12.6. The first-order chi connectivity index (χ1) is 17.3. The summed E-state index contributed by atoms with van der Waals surface area (Å²) in [5, 5.41) is 0. The van der Waals surface area contributed by atoms with Gasteiger partial charge in [0.2, 0.25) is 0 Å². The molecule has 1 aliphatic heterocycles. The van der Waals surface area contributed by atoms with Crippen LogP contribution in [0.4, 0.5) is 0 Å². The first kappa shape index (κ1) is 28.7. The number of rotatable bonds is 9. The number of hydrogen-bond acceptors (Lipinski definition) is 3. The Morgan fingerprint density at radius 2 is 1.57 bits per heavy atom. The highest BCUT2D eigenvalue weighted by Gasteiger charge is 2.18. The van der Waals surface area contributed by atoms with E-state index >= 15 is 0 Å². The second-order valence-electron chi connectivity index (χ2n) is 10.9.